The van der Waals surface area contributed by atoms with Crippen molar-refractivity contribution in [3.63, 3.8) is 0 Å². The summed E-state index contributed by atoms with van der Waals surface area (Å²) in [4.78, 5) is 16.4. The number of pyridine rings is 2. The van der Waals surface area contributed by atoms with Crippen LogP contribution in [-0.2, 0) is 6.54 Å². The Morgan fingerprint density at radius 2 is 2.15 bits per heavy atom. The molecule has 102 valence electrons. The van der Waals surface area contributed by atoms with Gasteiger partial charge in [0.1, 0.15) is 5.82 Å². The van der Waals surface area contributed by atoms with Crippen LogP contribution in [0.25, 0.3) is 5.65 Å². The van der Waals surface area contributed by atoms with Crippen LogP contribution in [0.15, 0.2) is 47.5 Å². The summed E-state index contributed by atoms with van der Waals surface area (Å²) in [6, 6.07) is 9.33. The summed E-state index contributed by atoms with van der Waals surface area (Å²) in [7, 11) is 0. The van der Waals surface area contributed by atoms with Crippen molar-refractivity contribution in [2.75, 3.05) is 11.9 Å². The third kappa shape index (κ3) is 2.27. The summed E-state index contributed by atoms with van der Waals surface area (Å²) in [6.07, 6.45) is 3.47. The Hall–Kier alpha value is -2.63. The second-order valence-corrected chi connectivity index (χ2v) is 4.45. The first-order valence-electron chi connectivity index (χ1n) is 6.51. The molecule has 20 heavy (non-hydrogen) atoms. The summed E-state index contributed by atoms with van der Waals surface area (Å²) in [5, 5.41) is 7.42. The molecule has 0 saturated heterocycles. The largest absolute Gasteiger partial charge is 0.370 e. The molecule has 6 nitrogen and oxygen atoms in total. The number of hydrogen-bond donors (Lipinski definition) is 1. The maximum absolute atomic E-state index is 12.1. The fraction of sp³-hybridized carbons (Fsp3) is 0.214. The number of hydrogen-bond acceptors (Lipinski definition) is 4. The molecule has 0 aromatic carbocycles. The Balaban J connectivity index is 1.89. The number of fused-ring (bicyclic) bond motifs is 1. The molecular weight excluding hydrogens is 254 g/mol. The fourth-order valence-electron chi connectivity index (χ4n) is 2.05. The standard InChI is InChI=1S/C14H15N5O/c1-2-15-12-7-6-11(9-16-12)10-19-14(20)18-8-4-3-5-13(18)17-19/h3-9H,2,10H2,1H3,(H,15,16). The third-order valence-corrected chi connectivity index (χ3v) is 3.00. The number of nitrogens with one attached hydrogen (secondary N) is 1. The summed E-state index contributed by atoms with van der Waals surface area (Å²) in [5.41, 5.74) is 1.45. The van der Waals surface area contributed by atoms with Crippen LogP contribution >= 0.6 is 0 Å². The molecule has 0 atom stereocenters. The molecule has 0 saturated carbocycles. The van der Waals surface area contributed by atoms with E-state index in [9.17, 15) is 4.79 Å². The number of aromatic nitrogens is 4. The maximum atomic E-state index is 12.1. The highest BCUT2D eigenvalue weighted by atomic mass is 16.2. The van der Waals surface area contributed by atoms with Crippen molar-refractivity contribution in [1.29, 1.82) is 0 Å². The number of rotatable bonds is 4. The Bertz CT molecular complexity index is 772. The lowest BCUT2D eigenvalue weighted by Gasteiger charge is -2.03. The SMILES string of the molecule is CCNc1ccc(Cn2nc3ccccn3c2=O)cn1. The first kappa shape index (κ1) is 12.4. The molecule has 0 radical (unpaired) electrons. The van der Waals surface area contributed by atoms with Gasteiger partial charge in [0, 0.05) is 18.9 Å². The zero-order valence-electron chi connectivity index (χ0n) is 11.2. The molecule has 0 spiro atoms. The van der Waals surface area contributed by atoms with Gasteiger partial charge < -0.3 is 5.32 Å². The van der Waals surface area contributed by atoms with E-state index in [0.29, 0.717) is 12.2 Å². The topological polar surface area (TPSA) is 64.2 Å². The van der Waals surface area contributed by atoms with Crippen LogP contribution in [0.4, 0.5) is 5.82 Å². The molecule has 0 bridgehead atoms. The van der Waals surface area contributed by atoms with Gasteiger partial charge in [-0.3, -0.25) is 4.40 Å². The second-order valence-electron chi connectivity index (χ2n) is 4.45. The number of anilines is 1. The van der Waals surface area contributed by atoms with E-state index in [-0.39, 0.29) is 5.69 Å². The molecule has 0 aliphatic heterocycles. The van der Waals surface area contributed by atoms with Gasteiger partial charge in [-0.05, 0) is 30.7 Å². The Morgan fingerprint density at radius 1 is 1.25 bits per heavy atom. The van der Waals surface area contributed by atoms with E-state index in [1.165, 1.54) is 9.08 Å². The highest BCUT2D eigenvalue weighted by molar-refractivity contribution is 5.37. The lowest BCUT2D eigenvalue weighted by Crippen LogP contribution is -2.21. The van der Waals surface area contributed by atoms with E-state index in [1.54, 1.807) is 12.4 Å². The van der Waals surface area contributed by atoms with E-state index in [4.69, 9.17) is 0 Å². The lowest BCUT2D eigenvalue weighted by molar-refractivity contribution is 0.657. The van der Waals surface area contributed by atoms with Crippen molar-refractivity contribution in [1.82, 2.24) is 19.2 Å². The van der Waals surface area contributed by atoms with Crippen molar-refractivity contribution in [3.8, 4) is 0 Å². The van der Waals surface area contributed by atoms with Crippen LogP contribution in [0, 0.1) is 0 Å². The molecule has 3 heterocycles. The first-order valence-corrected chi connectivity index (χ1v) is 6.51. The molecule has 0 unspecified atom stereocenters. The summed E-state index contributed by atoms with van der Waals surface area (Å²) < 4.78 is 2.97. The van der Waals surface area contributed by atoms with E-state index < -0.39 is 0 Å². The second kappa shape index (κ2) is 5.16. The molecule has 3 aromatic rings. The van der Waals surface area contributed by atoms with Crippen molar-refractivity contribution >= 4 is 11.5 Å². The average molecular weight is 269 g/mol. The zero-order valence-corrected chi connectivity index (χ0v) is 11.2. The van der Waals surface area contributed by atoms with Crippen LogP contribution in [0.2, 0.25) is 0 Å². The van der Waals surface area contributed by atoms with E-state index in [0.717, 1.165) is 17.9 Å². The van der Waals surface area contributed by atoms with Crippen LogP contribution < -0.4 is 11.0 Å². The monoisotopic (exact) mass is 269 g/mol. The summed E-state index contributed by atoms with van der Waals surface area (Å²) in [5.74, 6) is 0.832. The van der Waals surface area contributed by atoms with Gasteiger partial charge in [0.05, 0.1) is 6.54 Å². The molecule has 3 rings (SSSR count). The molecule has 0 fully saturated rings. The van der Waals surface area contributed by atoms with E-state index >= 15 is 0 Å². The van der Waals surface area contributed by atoms with E-state index in [1.807, 2.05) is 37.3 Å². The smallest absolute Gasteiger partial charge is 0.350 e. The van der Waals surface area contributed by atoms with Crippen molar-refractivity contribution in [3.05, 3.63) is 58.8 Å². The first-order chi connectivity index (χ1) is 9.78. The maximum Gasteiger partial charge on any atom is 0.350 e. The normalized spacial score (nSPS) is 10.8. The van der Waals surface area contributed by atoms with E-state index in [2.05, 4.69) is 15.4 Å². The van der Waals surface area contributed by atoms with Crippen molar-refractivity contribution < 1.29 is 0 Å². The lowest BCUT2D eigenvalue weighted by atomic mass is 10.3. The van der Waals surface area contributed by atoms with Crippen LogP contribution in [0.1, 0.15) is 12.5 Å². The molecule has 0 aliphatic rings. The quantitative estimate of drug-likeness (QED) is 0.777. The fourth-order valence-corrected chi connectivity index (χ4v) is 2.05. The Morgan fingerprint density at radius 3 is 2.85 bits per heavy atom. The van der Waals surface area contributed by atoms with Crippen LogP contribution in [0.5, 0.6) is 0 Å². The molecule has 3 aromatic heterocycles. The van der Waals surface area contributed by atoms with Gasteiger partial charge in [0.15, 0.2) is 5.65 Å². The van der Waals surface area contributed by atoms with Gasteiger partial charge in [-0.2, -0.15) is 0 Å². The Labute approximate surface area is 115 Å². The summed E-state index contributed by atoms with van der Waals surface area (Å²) in [6.45, 7) is 3.27. The van der Waals surface area contributed by atoms with Crippen molar-refractivity contribution in [2.24, 2.45) is 0 Å². The van der Waals surface area contributed by atoms with Gasteiger partial charge in [0.25, 0.3) is 0 Å². The van der Waals surface area contributed by atoms with Gasteiger partial charge in [-0.1, -0.05) is 12.1 Å². The molecule has 0 aliphatic carbocycles. The number of nitrogens with zero attached hydrogens (tertiary/aromatic N) is 4. The minimum Gasteiger partial charge on any atom is -0.370 e. The highest BCUT2D eigenvalue weighted by Gasteiger charge is 2.06. The molecule has 0 amide bonds. The zero-order chi connectivity index (χ0) is 13.9. The van der Waals surface area contributed by atoms with Gasteiger partial charge >= 0.3 is 5.69 Å². The van der Waals surface area contributed by atoms with Crippen molar-refractivity contribution in [2.45, 2.75) is 13.5 Å². The van der Waals surface area contributed by atoms with Gasteiger partial charge in [0.2, 0.25) is 0 Å². The Kier molecular flexibility index (Phi) is 3.20. The molecule has 6 heteroatoms. The predicted octanol–water partition coefficient (Wildman–Crippen LogP) is 1.37. The van der Waals surface area contributed by atoms with Crippen LogP contribution in [-0.4, -0.2) is 25.7 Å². The predicted molar refractivity (Wildman–Crippen MR) is 77.0 cm³/mol. The third-order valence-electron chi connectivity index (χ3n) is 3.00. The average Bonchev–Trinajstić information content (AvgIpc) is 2.79. The van der Waals surface area contributed by atoms with Gasteiger partial charge in [-0.25, -0.2) is 14.5 Å². The highest BCUT2D eigenvalue weighted by Crippen LogP contribution is 2.06. The van der Waals surface area contributed by atoms with Crippen LogP contribution in [0.3, 0.4) is 0 Å². The molecule has 1 N–H and O–H groups in total. The molecular formula is C14H15N5O. The summed E-state index contributed by atoms with van der Waals surface area (Å²) >= 11 is 0. The van der Waals surface area contributed by atoms with Gasteiger partial charge in [-0.15, -0.1) is 5.10 Å². The minimum absolute atomic E-state index is 0.142. The minimum atomic E-state index is -0.142.